The lowest BCUT2D eigenvalue weighted by atomic mass is 10.1. The number of ketones is 1. The number of aromatic nitrogens is 4. The number of carbonyl (C=O) groups excluding carboxylic acids is 1. The Hall–Kier alpha value is -2.74. The molecule has 1 N–H and O–H groups in total. The van der Waals surface area contributed by atoms with Crippen LogP contribution in [0.1, 0.15) is 29.1 Å². The van der Waals surface area contributed by atoms with E-state index >= 15 is 0 Å². The van der Waals surface area contributed by atoms with Gasteiger partial charge in [0.25, 0.3) is 0 Å². The highest BCUT2D eigenvalue weighted by molar-refractivity contribution is 5.95. The van der Waals surface area contributed by atoms with Crippen LogP contribution < -0.4 is 4.90 Å². The number of nitrogens with zero attached hydrogens (tertiary/aromatic N) is 5. The average molecular weight is 366 g/mol. The van der Waals surface area contributed by atoms with Crippen LogP contribution in [0.2, 0.25) is 0 Å². The van der Waals surface area contributed by atoms with Gasteiger partial charge in [0, 0.05) is 43.9 Å². The molecule has 0 bridgehead atoms. The van der Waals surface area contributed by atoms with Crippen molar-refractivity contribution in [3.05, 3.63) is 36.1 Å². The van der Waals surface area contributed by atoms with Crippen LogP contribution in [0, 0.1) is 12.3 Å². The van der Waals surface area contributed by atoms with Gasteiger partial charge in [0.15, 0.2) is 0 Å². The van der Waals surface area contributed by atoms with Crippen LogP contribution in [-0.4, -0.2) is 63.5 Å². The Morgan fingerprint density at radius 3 is 2.96 bits per heavy atom. The van der Waals surface area contributed by atoms with Crippen LogP contribution >= 0.6 is 0 Å². The lowest BCUT2D eigenvalue weighted by Crippen LogP contribution is -2.35. The molecule has 4 heterocycles. The molecule has 140 valence electrons. The molecule has 5 rings (SSSR count). The molecule has 2 fully saturated rings. The predicted molar refractivity (Wildman–Crippen MR) is 99.8 cm³/mol. The zero-order chi connectivity index (χ0) is 18.4. The van der Waals surface area contributed by atoms with Crippen molar-refractivity contribution in [3.8, 4) is 0 Å². The molecular weight excluding hydrogens is 344 g/mol. The molecule has 1 aliphatic heterocycles. The molecule has 1 aliphatic carbocycles. The lowest BCUT2D eigenvalue weighted by molar-refractivity contribution is 0.0888. The molecule has 1 saturated heterocycles. The number of aryl methyl sites for hydroxylation is 1. The third-order valence-corrected chi connectivity index (χ3v) is 5.63. The number of rotatable bonds is 4. The number of anilines is 1. The summed E-state index contributed by atoms with van der Waals surface area (Å²) in [6.07, 6.45) is 5.90. The van der Waals surface area contributed by atoms with Crippen molar-refractivity contribution >= 4 is 22.6 Å². The number of nitrogens with one attached hydrogen (secondary N) is 1. The highest BCUT2D eigenvalue weighted by atomic mass is 16.5. The van der Waals surface area contributed by atoms with Crippen molar-refractivity contribution in [2.45, 2.75) is 19.8 Å². The van der Waals surface area contributed by atoms with Gasteiger partial charge in [-0.15, -0.1) is 0 Å². The quantitative estimate of drug-likeness (QED) is 0.707. The largest absolute Gasteiger partial charge is 0.354 e. The molecule has 3 aromatic heterocycles. The van der Waals surface area contributed by atoms with Crippen LogP contribution in [0.5, 0.6) is 0 Å². The fourth-order valence-corrected chi connectivity index (χ4v) is 4.04. The summed E-state index contributed by atoms with van der Waals surface area (Å²) in [5.41, 5.74) is 1.85. The number of Topliss-reactive ketones (excluding diaryl/α,β-unsaturated/α-hetero) is 1. The highest BCUT2D eigenvalue weighted by Gasteiger charge is 2.47. The smallest absolute Gasteiger partial charge is 0.214 e. The van der Waals surface area contributed by atoms with Crippen molar-refractivity contribution in [3.63, 3.8) is 0 Å². The second-order valence-corrected chi connectivity index (χ2v) is 7.83. The molecule has 3 aromatic rings. The zero-order valence-corrected chi connectivity index (χ0v) is 15.3. The molecule has 0 aromatic carbocycles. The van der Waals surface area contributed by atoms with E-state index in [4.69, 9.17) is 4.52 Å². The van der Waals surface area contributed by atoms with Crippen molar-refractivity contribution < 1.29 is 9.32 Å². The van der Waals surface area contributed by atoms with Gasteiger partial charge < -0.3 is 14.4 Å². The third kappa shape index (κ3) is 3.10. The summed E-state index contributed by atoms with van der Waals surface area (Å²) in [6.45, 7) is 5.75. The summed E-state index contributed by atoms with van der Waals surface area (Å²) in [7, 11) is 0. The Balaban J connectivity index is 1.36. The first-order chi connectivity index (χ1) is 13.1. The SMILES string of the molecule is Cc1cc(C(=O)CN2CCN(c3ncnc4[nH]ccc34)CC3(CC3)C2)on1. The topological polar surface area (TPSA) is 91.2 Å². The van der Waals surface area contributed by atoms with Gasteiger partial charge in [-0.3, -0.25) is 9.69 Å². The molecule has 27 heavy (non-hydrogen) atoms. The maximum atomic E-state index is 12.5. The fourth-order valence-electron chi connectivity index (χ4n) is 4.04. The van der Waals surface area contributed by atoms with Crippen LogP contribution in [-0.2, 0) is 0 Å². The van der Waals surface area contributed by atoms with E-state index in [9.17, 15) is 4.79 Å². The molecule has 2 aliphatic rings. The minimum atomic E-state index is -0.00471. The number of hydrogen-bond donors (Lipinski definition) is 1. The maximum absolute atomic E-state index is 12.5. The van der Waals surface area contributed by atoms with E-state index in [0.29, 0.717) is 12.3 Å². The summed E-state index contributed by atoms with van der Waals surface area (Å²) in [5.74, 6) is 1.32. The fraction of sp³-hybridized carbons (Fsp3) is 0.474. The maximum Gasteiger partial charge on any atom is 0.214 e. The molecule has 8 heteroatoms. The number of carbonyl (C=O) groups is 1. The second kappa shape index (κ2) is 6.16. The van der Waals surface area contributed by atoms with Gasteiger partial charge in [-0.2, -0.15) is 0 Å². The van der Waals surface area contributed by atoms with E-state index in [-0.39, 0.29) is 11.2 Å². The molecule has 0 unspecified atom stereocenters. The van der Waals surface area contributed by atoms with E-state index in [0.717, 1.165) is 48.7 Å². The first-order valence-electron chi connectivity index (χ1n) is 9.34. The van der Waals surface area contributed by atoms with Crippen LogP contribution in [0.25, 0.3) is 11.0 Å². The molecule has 8 nitrogen and oxygen atoms in total. The number of H-pyrrole nitrogens is 1. The summed E-state index contributed by atoms with van der Waals surface area (Å²) >= 11 is 0. The molecule has 1 spiro atoms. The van der Waals surface area contributed by atoms with Gasteiger partial charge in [0.1, 0.15) is 17.8 Å². The minimum absolute atomic E-state index is 0.00471. The monoisotopic (exact) mass is 366 g/mol. The summed E-state index contributed by atoms with van der Waals surface area (Å²) < 4.78 is 5.14. The summed E-state index contributed by atoms with van der Waals surface area (Å²) in [5, 5.41) is 4.88. The Morgan fingerprint density at radius 1 is 1.30 bits per heavy atom. The number of fused-ring (bicyclic) bond motifs is 1. The minimum Gasteiger partial charge on any atom is -0.354 e. The number of aromatic amines is 1. The van der Waals surface area contributed by atoms with Crippen LogP contribution in [0.4, 0.5) is 5.82 Å². The van der Waals surface area contributed by atoms with Crippen molar-refractivity contribution in [2.24, 2.45) is 5.41 Å². The van der Waals surface area contributed by atoms with Gasteiger partial charge in [-0.1, -0.05) is 5.16 Å². The van der Waals surface area contributed by atoms with E-state index < -0.39 is 0 Å². The summed E-state index contributed by atoms with van der Waals surface area (Å²) in [4.78, 5) is 29.2. The van der Waals surface area contributed by atoms with E-state index in [1.807, 2.05) is 19.2 Å². The Morgan fingerprint density at radius 2 is 2.19 bits per heavy atom. The van der Waals surface area contributed by atoms with E-state index in [1.165, 1.54) is 12.8 Å². The van der Waals surface area contributed by atoms with Gasteiger partial charge >= 0.3 is 0 Å². The standard InChI is InChI=1S/C19H22N6O2/c1-13-8-16(27-23-13)15(26)9-24-6-7-25(11-19(10-24)3-4-19)18-14-2-5-20-17(14)21-12-22-18/h2,5,8,12H,3-4,6-7,9-11H2,1H3,(H,20,21,22). The first-order valence-corrected chi connectivity index (χ1v) is 9.34. The Labute approximate surface area is 156 Å². The van der Waals surface area contributed by atoms with Gasteiger partial charge in [0.05, 0.1) is 17.6 Å². The molecule has 0 amide bonds. The van der Waals surface area contributed by atoms with Crippen molar-refractivity contribution in [2.75, 3.05) is 37.6 Å². The highest BCUT2D eigenvalue weighted by Crippen LogP contribution is 2.48. The predicted octanol–water partition coefficient (Wildman–Crippen LogP) is 2.04. The average Bonchev–Trinajstić information content (AvgIpc) is 3.07. The number of hydrogen-bond acceptors (Lipinski definition) is 7. The zero-order valence-electron chi connectivity index (χ0n) is 15.3. The van der Waals surface area contributed by atoms with Gasteiger partial charge in [-0.25, -0.2) is 9.97 Å². The van der Waals surface area contributed by atoms with Gasteiger partial charge in [0.2, 0.25) is 11.5 Å². The van der Waals surface area contributed by atoms with E-state index in [1.54, 1.807) is 12.4 Å². The molecule has 0 radical (unpaired) electrons. The van der Waals surface area contributed by atoms with E-state index in [2.05, 4.69) is 29.9 Å². The summed E-state index contributed by atoms with van der Waals surface area (Å²) in [6, 6.07) is 3.74. The van der Waals surface area contributed by atoms with Crippen LogP contribution in [0.3, 0.4) is 0 Å². The van der Waals surface area contributed by atoms with Gasteiger partial charge in [-0.05, 0) is 25.8 Å². The third-order valence-electron chi connectivity index (χ3n) is 5.63. The first kappa shape index (κ1) is 16.4. The lowest BCUT2D eigenvalue weighted by Gasteiger charge is -2.25. The molecule has 1 saturated carbocycles. The molecular formula is C19H22N6O2. The van der Waals surface area contributed by atoms with Crippen LogP contribution in [0.15, 0.2) is 29.2 Å². The Bertz CT molecular complexity index is 989. The van der Waals surface area contributed by atoms with Crippen molar-refractivity contribution in [1.82, 2.24) is 25.0 Å². The second-order valence-electron chi connectivity index (χ2n) is 7.83. The molecule has 0 atom stereocenters. The normalized spacial score (nSPS) is 19.5. The van der Waals surface area contributed by atoms with Crippen molar-refractivity contribution in [1.29, 1.82) is 0 Å². The Kier molecular flexibility index (Phi) is 3.75.